The molecule has 0 spiro atoms. The third-order valence-corrected chi connectivity index (χ3v) is 6.86. The number of nitriles is 1. The first-order valence-corrected chi connectivity index (χ1v) is 14.4. The van der Waals surface area contributed by atoms with Gasteiger partial charge in [0.2, 0.25) is 0 Å². The van der Waals surface area contributed by atoms with Gasteiger partial charge in [0.25, 0.3) is 5.91 Å². The molecule has 1 aromatic carbocycles. The quantitative estimate of drug-likeness (QED) is 0.158. The van der Waals surface area contributed by atoms with Gasteiger partial charge in [-0.05, 0) is 70.0 Å². The summed E-state index contributed by atoms with van der Waals surface area (Å²) in [6, 6.07) is 9.51. The van der Waals surface area contributed by atoms with Crippen molar-refractivity contribution in [1.82, 2.24) is 35.5 Å². The molecule has 0 aliphatic heterocycles. The molecule has 2 amide bonds. The number of benzene rings is 1. The molecular weight excluding hydrogens is 610 g/mol. The van der Waals surface area contributed by atoms with Gasteiger partial charge in [0.15, 0.2) is 40.3 Å². The number of amides is 2. The summed E-state index contributed by atoms with van der Waals surface area (Å²) in [5.74, 6) is -2.34. The summed E-state index contributed by atoms with van der Waals surface area (Å²) < 4.78 is 32.5. The first-order valence-electron chi connectivity index (χ1n) is 14.4. The molecule has 4 aromatic heterocycles. The molecule has 0 saturated heterocycles. The van der Waals surface area contributed by atoms with Gasteiger partial charge >= 0.3 is 6.09 Å². The Morgan fingerprint density at radius 3 is 2.38 bits per heavy atom. The molecule has 4 heterocycles. The summed E-state index contributed by atoms with van der Waals surface area (Å²) in [5.41, 5.74) is 1.92. The van der Waals surface area contributed by atoms with Crippen molar-refractivity contribution in [3.63, 3.8) is 0 Å². The molecule has 240 valence electrons. The normalized spacial score (nSPS) is 12.6. The summed E-state index contributed by atoms with van der Waals surface area (Å²) in [6.07, 6.45) is 3.86. The molecule has 2 atom stereocenters. The molecular formula is C32H30F2N10O3. The van der Waals surface area contributed by atoms with Crippen molar-refractivity contribution < 1.29 is 23.1 Å². The predicted octanol–water partition coefficient (Wildman–Crippen LogP) is 5.97. The third kappa shape index (κ3) is 7.61. The number of fused-ring (bicyclic) bond motifs is 1. The maximum atomic E-state index is 13.8. The van der Waals surface area contributed by atoms with Crippen LogP contribution in [0.2, 0.25) is 0 Å². The molecule has 0 aliphatic carbocycles. The minimum absolute atomic E-state index is 0.0764. The van der Waals surface area contributed by atoms with E-state index in [4.69, 9.17) is 4.74 Å². The Morgan fingerprint density at radius 1 is 0.936 bits per heavy atom. The second kappa shape index (κ2) is 13.1. The average Bonchev–Trinajstić information content (AvgIpc) is 3.43. The average molecular weight is 641 g/mol. The smallest absolute Gasteiger partial charge is 0.413 e. The summed E-state index contributed by atoms with van der Waals surface area (Å²) >= 11 is 0. The van der Waals surface area contributed by atoms with Gasteiger partial charge in [-0.25, -0.2) is 28.5 Å². The van der Waals surface area contributed by atoms with Crippen molar-refractivity contribution in [3.8, 4) is 17.3 Å². The van der Waals surface area contributed by atoms with E-state index in [1.807, 2.05) is 19.1 Å². The fourth-order valence-corrected chi connectivity index (χ4v) is 4.50. The summed E-state index contributed by atoms with van der Waals surface area (Å²) in [4.78, 5) is 42.8. The Balaban J connectivity index is 1.32. The van der Waals surface area contributed by atoms with Crippen LogP contribution in [-0.2, 0) is 4.74 Å². The maximum absolute atomic E-state index is 13.8. The molecule has 0 aliphatic rings. The number of aromatic amines is 1. The van der Waals surface area contributed by atoms with Gasteiger partial charge < -0.3 is 15.4 Å². The lowest BCUT2D eigenvalue weighted by molar-refractivity contribution is 0.0635. The predicted molar refractivity (Wildman–Crippen MR) is 168 cm³/mol. The number of hydrogen-bond donors (Lipinski definition) is 4. The Hall–Kier alpha value is -6.04. The zero-order valence-electron chi connectivity index (χ0n) is 26.0. The number of anilines is 2. The van der Waals surface area contributed by atoms with Crippen LogP contribution in [0.5, 0.6) is 0 Å². The number of H-pyrrole nitrogens is 1. The van der Waals surface area contributed by atoms with Crippen molar-refractivity contribution in [2.45, 2.75) is 52.3 Å². The minimum atomic E-state index is -1.04. The van der Waals surface area contributed by atoms with Crippen LogP contribution in [0.25, 0.3) is 22.3 Å². The number of halogens is 2. The number of carbonyl (C=O) groups excluding carboxylic acids is 2. The summed E-state index contributed by atoms with van der Waals surface area (Å²) in [7, 11) is 0. The number of nitrogens with one attached hydrogen (secondary N) is 4. The largest absolute Gasteiger partial charge is 0.444 e. The minimum Gasteiger partial charge on any atom is -0.444 e. The van der Waals surface area contributed by atoms with E-state index in [1.54, 1.807) is 52.2 Å². The molecule has 13 nitrogen and oxygen atoms in total. The standard InChI is InChI=1S/C32H30F2N10O3/c1-16(18-6-8-23(33)24(34)11-18)40-30(45)26-29(38-15-21(12-35)41-26)39-17(2)19-7-9-25(36-13-19)20-10-22-27(37-14-20)43-44-28(22)42-31(46)47-32(3,4)5/h6-11,13-17H,1-5H3,(H,38,39)(H,40,45)(H2,37,42,43,44,46)/t16-,17+/m0/s1. The van der Waals surface area contributed by atoms with E-state index in [1.165, 1.54) is 12.3 Å². The monoisotopic (exact) mass is 640 g/mol. The Bertz CT molecular complexity index is 2000. The van der Waals surface area contributed by atoms with Gasteiger partial charge in [-0.15, -0.1) is 0 Å². The second-order valence-corrected chi connectivity index (χ2v) is 11.6. The van der Waals surface area contributed by atoms with Crippen LogP contribution in [0.3, 0.4) is 0 Å². The number of pyridine rings is 2. The molecule has 0 radical (unpaired) electrons. The topological polar surface area (TPSA) is 183 Å². The van der Waals surface area contributed by atoms with Gasteiger partial charge in [-0.1, -0.05) is 12.1 Å². The highest BCUT2D eigenvalue weighted by atomic mass is 19.2. The number of hydrogen-bond acceptors (Lipinski definition) is 10. The SMILES string of the molecule is C[C@H](NC(=O)c1nc(C#N)cnc1N[C@H](C)c1ccc(-c2cnc3[nH]nc(NC(=O)OC(C)(C)C)c3c2)nc1)c1ccc(F)c(F)c1. The maximum Gasteiger partial charge on any atom is 0.413 e. The first-order chi connectivity index (χ1) is 22.3. The van der Waals surface area contributed by atoms with Crippen molar-refractivity contribution >= 4 is 34.7 Å². The molecule has 0 bridgehead atoms. The van der Waals surface area contributed by atoms with Gasteiger partial charge in [-0.2, -0.15) is 10.4 Å². The molecule has 5 aromatic rings. The highest BCUT2D eigenvalue weighted by Gasteiger charge is 2.22. The Labute approximate surface area is 267 Å². The fourth-order valence-electron chi connectivity index (χ4n) is 4.50. The van der Waals surface area contributed by atoms with Gasteiger partial charge in [0.1, 0.15) is 11.7 Å². The van der Waals surface area contributed by atoms with E-state index >= 15 is 0 Å². The number of ether oxygens (including phenoxy) is 1. The lowest BCUT2D eigenvalue weighted by Gasteiger charge is -2.19. The highest BCUT2D eigenvalue weighted by molar-refractivity contribution is 5.98. The van der Waals surface area contributed by atoms with Crippen molar-refractivity contribution in [2.24, 2.45) is 0 Å². The molecule has 0 fully saturated rings. The van der Waals surface area contributed by atoms with Gasteiger partial charge in [0.05, 0.1) is 29.4 Å². The zero-order valence-corrected chi connectivity index (χ0v) is 26.0. The van der Waals surface area contributed by atoms with Crippen LogP contribution in [0, 0.1) is 23.0 Å². The number of nitrogens with zero attached hydrogens (tertiary/aromatic N) is 6. The highest BCUT2D eigenvalue weighted by Crippen LogP contribution is 2.27. The second-order valence-electron chi connectivity index (χ2n) is 11.6. The van der Waals surface area contributed by atoms with Crippen molar-refractivity contribution in [2.75, 3.05) is 10.6 Å². The number of rotatable bonds is 8. The molecule has 4 N–H and O–H groups in total. The summed E-state index contributed by atoms with van der Waals surface area (Å²) in [6.45, 7) is 8.72. The van der Waals surface area contributed by atoms with E-state index < -0.39 is 41.3 Å². The number of carbonyl (C=O) groups is 2. The van der Waals surface area contributed by atoms with E-state index in [9.17, 15) is 23.6 Å². The molecule has 0 unspecified atom stereocenters. The van der Waals surface area contributed by atoms with Gasteiger partial charge in [-0.3, -0.25) is 20.2 Å². The molecule has 47 heavy (non-hydrogen) atoms. The van der Waals surface area contributed by atoms with Crippen LogP contribution in [0.1, 0.15) is 74.0 Å². The number of aromatic nitrogens is 6. The lowest BCUT2D eigenvalue weighted by Crippen LogP contribution is -2.29. The Kier molecular flexibility index (Phi) is 9.04. The third-order valence-electron chi connectivity index (χ3n) is 6.86. The van der Waals surface area contributed by atoms with Crippen molar-refractivity contribution in [3.05, 3.63) is 89.1 Å². The fraction of sp³-hybridized carbons (Fsp3) is 0.250. The lowest BCUT2D eigenvalue weighted by atomic mass is 10.1. The van der Waals surface area contributed by atoms with Crippen LogP contribution in [-0.4, -0.2) is 47.7 Å². The van der Waals surface area contributed by atoms with E-state index in [2.05, 4.69) is 46.1 Å². The van der Waals surface area contributed by atoms with E-state index in [-0.39, 0.29) is 23.0 Å². The molecule has 15 heteroatoms. The zero-order chi connectivity index (χ0) is 33.9. The molecule has 0 saturated carbocycles. The van der Waals surface area contributed by atoms with Crippen LogP contribution in [0.15, 0.2) is 55.0 Å². The van der Waals surface area contributed by atoms with Crippen LogP contribution >= 0.6 is 0 Å². The van der Waals surface area contributed by atoms with Gasteiger partial charge in [0, 0.05) is 18.0 Å². The van der Waals surface area contributed by atoms with E-state index in [0.29, 0.717) is 27.9 Å². The Morgan fingerprint density at radius 2 is 1.70 bits per heavy atom. The van der Waals surface area contributed by atoms with Crippen molar-refractivity contribution in [1.29, 1.82) is 5.26 Å². The van der Waals surface area contributed by atoms with E-state index in [0.717, 1.165) is 17.7 Å². The van der Waals surface area contributed by atoms with Crippen LogP contribution in [0.4, 0.5) is 25.2 Å². The van der Waals surface area contributed by atoms with Crippen LogP contribution < -0.4 is 16.0 Å². The first kappa shape index (κ1) is 32.4. The molecule has 5 rings (SSSR count). The summed E-state index contributed by atoms with van der Waals surface area (Å²) in [5, 5.41) is 25.3.